The third-order valence-electron chi connectivity index (χ3n) is 5.17. The van der Waals surface area contributed by atoms with Gasteiger partial charge in [-0.1, -0.05) is 18.2 Å². The minimum Gasteiger partial charge on any atom is -0.507 e. The predicted molar refractivity (Wildman–Crippen MR) is 120 cm³/mol. The summed E-state index contributed by atoms with van der Waals surface area (Å²) in [5.41, 5.74) is 0.365. The Morgan fingerprint density at radius 3 is 2.52 bits per heavy atom. The van der Waals surface area contributed by atoms with Gasteiger partial charge < -0.3 is 9.84 Å². The number of carbonyl (C=O) groups is 2. The van der Waals surface area contributed by atoms with Crippen LogP contribution in [-0.2, 0) is 9.59 Å². The van der Waals surface area contributed by atoms with Crippen LogP contribution >= 0.6 is 0 Å². The van der Waals surface area contributed by atoms with Gasteiger partial charge in [-0.05, 0) is 43.3 Å². The van der Waals surface area contributed by atoms with Gasteiger partial charge in [0.25, 0.3) is 17.4 Å². The first-order valence-corrected chi connectivity index (χ1v) is 10.1. The summed E-state index contributed by atoms with van der Waals surface area (Å²) in [5.74, 6) is -1.67. The molecule has 1 fully saturated rings. The number of pyridine rings is 1. The van der Waals surface area contributed by atoms with Crippen molar-refractivity contribution in [1.82, 2.24) is 4.98 Å². The summed E-state index contributed by atoms with van der Waals surface area (Å²) in [6.45, 7) is 2.32. The number of nitro benzene ring substituents is 1. The number of aliphatic hydroxyl groups excluding tert-OH is 1. The maximum Gasteiger partial charge on any atom is 0.300 e. The zero-order valence-electron chi connectivity index (χ0n) is 17.5. The number of Topliss-reactive ketones (excluding diaryl/α,β-unsaturated/α-hetero) is 1. The number of amides is 1. The van der Waals surface area contributed by atoms with Gasteiger partial charge in [-0.3, -0.25) is 29.6 Å². The summed E-state index contributed by atoms with van der Waals surface area (Å²) in [5, 5.41) is 22.2. The van der Waals surface area contributed by atoms with E-state index in [9.17, 15) is 24.8 Å². The quantitative estimate of drug-likeness (QED) is 0.200. The molecule has 33 heavy (non-hydrogen) atoms. The van der Waals surface area contributed by atoms with Crippen LogP contribution in [0.1, 0.15) is 24.2 Å². The molecule has 2 aromatic carbocycles. The second-order valence-electron chi connectivity index (χ2n) is 7.16. The number of nitro groups is 1. The molecule has 1 saturated heterocycles. The third kappa shape index (κ3) is 4.03. The molecular formula is C24H19N3O6. The van der Waals surface area contributed by atoms with E-state index in [1.807, 2.05) is 6.92 Å². The lowest BCUT2D eigenvalue weighted by Gasteiger charge is -2.24. The van der Waals surface area contributed by atoms with E-state index in [-0.39, 0.29) is 16.8 Å². The Morgan fingerprint density at radius 1 is 1.12 bits per heavy atom. The lowest BCUT2D eigenvalue weighted by atomic mass is 9.98. The van der Waals surface area contributed by atoms with Crippen LogP contribution in [0.3, 0.4) is 0 Å². The summed E-state index contributed by atoms with van der Waals surface area (Å²) in [6.07, 6.45) is 1.51. The Balaban J connectivity index is 1.88. The molecule has 0 spiro atoms. The molecule has 1 aliphatic heterocycles. The highest BCUT2D eigenvalue weighted by atomic mass is 16.6. The molecule has 0 saturated carbocycles. The molecule has 3 aromatic rings. The van der Waals surface area contributed by atoms with Crippen molar-refractivity contribution >= 4 is 28.8 Å². The van der Waals surface area contributed by atoms with Crippen molar-refractivity contribution in [2.24, 2.45) is 0 Å². The molecule has 1 N–H and O–H groups in total. The van der Waals surface area contributed by atoms with Crippen molar-refractivity contribution in [3.05, 3.63) is 99.9 Å². The molecule has 1 aliphatic rings. The fourth-order valence-electron chi connectivity index (χ4n) is 3.71. The molecule has 0 radical (unpaired) electrons. The number of ketones is 1. The van der Waals surface area contributed by atoms with Gasteiger partial charge in [0.1, 0.15) is 17.6 Å². The van der Waals surface area contributed by atoms with E-state index >= 15 is 0 Å². The lowest BCUT2D eigenvalue weighted by molar-refractivity contribution is -0.384. The molecule has 9 nitrogen and oxygen atoms in total. The Morgan fingerprint density at radius 2 is 1.88 bits per heavy atom. The van der Waals surface area contributed by atoms with Crippen LogP contribution in [0.4, 0.5) is 11.4 Å². The van der Waals surface area contributed by atoms with E-state index in [0.29, 0.717) is 23.7 Å². The summed E-state index contributed by atoms with van der Waals surface area (Å²) in [6, 6.07) is 15.9. The van der Waals surface area contributed by atoms with Crippen molar-refractivity contribution in [2.75, 3.05) is 11.5 Å². The number of anilines is 1. The average Bonchev–Trinajstić information content (AvgIpc) is 3.10. The highest BCUT2D eigenvalue weighted by molar-refractivity contribution is 6.51. The van der Waals surface area contributed by atoms with Gasteiger partial charge in [-0.2, -0.15) is 0 Å². The summed E-state index contributed by atoms with van der Waals surface area (Å²) in [4.78, 5) is 42.3. The monoisotopic (exact) mass is 445 g/mol. The second-order valence-corrected chi connectivity index (χ2v) is 7.16. The number of hydrogen-bond donors (Lipinski definition) is 1. The number of carbonyl (C=O) groups excluding carboxylic acids is 2. The smallest absolute Gasteiger partial charge is 0.300 e. The molecule has 1 unspecified atom stereocenters. The molecule has 0 aliphatic carbocycles. The fraction of sp³-hybridized carbons (Fsp3) is 0.125. The zero-order valence-corrected chi connectivity index (χ0v) is 17.5. The van der Waals surface area contributed by atoms with E-state index in [0.717, 1.165) is 6.07 Å². The third-order valence-corrected chi connectivity index (χ3v) is 5.17. The van der Waals surface area contributed by atoms with E-state index in [2.05, 4.69) is 4.98 Å². The summed E-state index contributed by atoms with van der Waals surface area (Å²) in [7, 11) is 0. The normalized spacial score (nSPS) is 17.2. The minimum absolute atomic E-state index is 0.0508. The van der Waals surface area contributed by atoms with Crippen molar-refractivity contribution in [3.8, 4) is 5.75 Å². The number of rotatable bonds is 6. The van der Waals surface area contributed by atoms with Gasteiger partial charge in [-0.25, -0.2) is 0 Å². The molecule has 4 rings (SSSR count). The topological polar surface area (TPSA) is 123 Å². The highest BCUT2D eigenvalue weighted by Crippen LogP contribution is 2.42. The molecule has 1 amide bonds. The highest BCUT2D eigenvalue weighted by Gasteiger charge is 2.47. The molecular weight excluding hydrogens is 426 g/mol. The van der Waals surface area contributed by atoms with Gasteiger partial charge in [0, 0.05) is 29.6 Å². The summed E-state index contributed by atoms with van der Waals surface area (Å²) >= 11 is 0. The zero-order chi connectivity index (χ0) is 23.5. The average molecular weight is 445 g/mol. The molecule has 9 heteroatoms. The lowest BCUT2D eigenvalue weighted by Crippen LogP contribution is -2.29. The van der Waals surface area contributed by atoms with E-state index < -0.39 is 28.4 Å². The maximum absolute atomic E-state index is 13.1. The Hall–Kier alpha value is -4.53. The van der Waals surface area contributed by atoms with Crippen molar-refractivity contribution < 1.29 is 24.4 Å². The molecule has 0 bridgehead atoms. The maximum atomic E-state index is 13.1. The van der Waals surface area contributed by atoms with Gasteiger partial charge in [0.2, 0.25) is 0 Å². The largest absolute Gasteiger partial charge is 0.507 e. The van der Waals surface area contributed by atoms with Crippen LogP contribution in [0.25, 0.3) is 5.76 Å². The number of nitrogens with zero attached hydrogens (tertiary/aromatic N) is 3. The van der Waals surface area contributed by atoms with E-state index in [1.165, 1.54) is 29.3 Å². The van der Waals surface area contributed by atoms with Gasteiger partial charge in [0.05, 0.1) is 22.8 Å². The van der Waals surface area contributed by atoms with Gasteiger partial charge in [0.15, 0.2) is 0 Å². The SMILES string of the molecule is CCOc1ccc(N2C(=O)C(=O)/C(=C(\O)c3cccc([N+](=O)[O-])c3)C2c2ccccn2)cc1. The number of non-ortho nitro benzene ring substituents is 1. The van der Waals surface area contributed by atoms with Crippen LogP contribution in [-0.4, -0.2) is 33.3 Å². The number of aromatic nitrogens is 1. The van der Waals surface area contributed by atoms with Crippen LogP contribution in [0.5, 0.6) is 5.75 Å². The van der Waals surface area contributed by atoms with Gasteiger partial charge in [-0.15, -0.1) is 0 Å². The standard InChI is InChI=1S/C24H19N3O6/c1-2-33-18-11-9-16(10-12-18)26-21(19-8-3-4-13-25-19)20(23(29)24(26)30)22(28)15-6-5-7-17(14-15)27(31)32/h3-14,21,28H,2H2,1H3/b22-20-. The van der Waals surface area contributed by atoms with Crippen molar-refractivity contribution in [1.29, 1.82) is 0 Å². The van der Waals surface area contributed by atoms with E-state index in [4.69, 9.17) is 4.74 Å². The van der Waals surface area contributed by atoms with E-state index in [1.54, 1.807) is 42.5 Å². The minimum atomic E-state index is -1.02. The first kappa shape index (κ1) is 21.7. The van der Waals surface area contributed by atoms with Crippen molar-refractivity contribution in [3.63, 3.8) is 0 Å². The van der Waals surface area contributed by atoms with Crippen LogP contribution < -0.4 is 9.64 Å². The van der Waals surface area contributed by atoms with Crippen molar-refractivity contribution in [2.45, 2.75) is 13.0 Å². The number of benzene rings is 2. The van der Waals surface area contributed by atoms with Crippen LogP contribution in [0, 0.1) is 10.1 Å². The Bertz CT molecular complexity index is 1250. The molecule has 166 valence electrons. The van der Waals surface area contributed by atoms with Gasteiger partial charge >= 0.3 is 0 Å². The summed E-state index contributed by atoms with van der Waals surface area (Å²) < 4.78 is 5.44. The predicted octanol–water partition coefficient (Wildman–Crippen LogP) is 4.01. The second kappa shape index (κ2) is 8.91. The first-order valence-electron chi connectivity index (χ1n) is 10.1. The molecule has 1 aromatic heterocycles. The molecule has 2 heterocycles. The number of ether oxygens (including phenoxy) is 1. The Labute approximate surface area is 188 Å². The molecule has 1 atom stereocenters. The fourth-order valence-corrected chi connectivity index (χ4v) is 3.71. The van der Waals surface area contributed by atoms with Crippen LogP contribution in [0.15, 0.2) is 78.5 Å². The first-order chi connectivity index (χ1) is 15.9. The Kier molecular flexibility index (Phi) is 5.86. The number of hydrogen-bond acceptors (Lipinski definition) is 7. The number of aliphatic hydroxyl groups is 1. The van der Waals surface area contributed by atoms with Crippen LogP contribution in [0.2, 0.25) is 0 Å².